The molecule has 1 atom stereocenters. The average Bonchev–Trinajstić information content (AvgIpc) is 2.96. The van der Waals surface area contributed by atoms with Gasteiger partial charge in [0.05, 0.1) is 5.41 Å². The third kappa shape index (κ3) is 4.02. The normalized spacial score (nSPS) is 23.9. The lowest BCUT2D eigenvalue weighted by atomic mass is 9.88. The molecule has 0 aromatic carbocycles. The van der Waals surface area contributed by atoms with Crippen molar-refractivity contribution >= 4 is 17.8 Å². The number of piperidine rings is 1. The fourth-order valence-electron chi connectivity index (χ4n) is 3.66. The molecule has 2 amide bonds. The van der Waals surface area contributed by atoms with Crippen molar-refractivity contribution in [3.05, 3.63) is 0 Å². The van der Waals surface area contributed by atoms with Crippen LogP contribution in [0.3, 0.4) is 0 Å². The highest BCUT2D eigenvalue weighted by Crippen LogP contribution is 2.28. The quantitative estimate of drug-likeness (QED) is 0.756. The Kier molecular flexibility index (Phi) is 5.29. The summed E-state index contributed by atoms with van der Waals surface area (Å²) >= 11 is 0. The SMILES string of the molecule is CC(C)(CN1CCC(C(N)=O)CC1)C(=O)N1CCCC1C(=O)O. The summed E-state index contributed by atoms with van der Waals surface area (Å²) in [6.45, 7) is 6.31. The maximum Gasteiger partial charge on any atom is 0.326 e. The van der Waals surface area contributed by atoms with Gasteiger partial charge in [-0.25, -0.2) is 4.79 Å². The number of amides is 2. The van der Waals surface area contributed by atoms with Crippen LogP contribution in [0.25, 0.3) is 0 Å². The van der Waals surface area contributed by atoms with E-state index in [9.17, 15) is 19.5 Å². The maximum absolute atomic E-state index is 12.8. The second-order valence-electron chi connectivity index (χ2n) is 7.33. The van der Waals surface area contributed by atoms with Gasteiger partial charge < -0.3 is 20.6 Å². The number of likely N-dealkylation sites (tertiary alicyclic amines) is 2. The van der Waals surface area contributed by atoms with Gasteiger partial charge >= 0.3 is 5.97 Å². The predicted octanol–water partition coefficient (Wildman–Crippen LogP) is 0.286. The van der Waals surface area contributed by atoms with E-state index in [4.69, 9.17) is 5.73 Å². The molecule has 2 rings (SSSR count). The molecule has 7 heteroatoms. The van der Waals surface area contributed by atoms with Gasteiger partial charge in [0.2, 0.25) is 11.8 Å². The Balaban J connectivity index is 1.95. The van der Waals surface area contributed by atoms with Crippen molar-refractivity contribution in [3.63, 3.8) is 0 Å². The third-order valence-corrected chi connectivity index (χ3v) is 4.99. The first-order valence-electron chi connectivity index (χ1n) is 8.28. The summed E-state index contributed by atoms with van der Waals surface area (Å²) in [4.78, 5) is 39.0. The average molecular weight is 325 g/mol. The fraction of sp³-hybridized carbons (Fsp3) is 0.812. The van der Waals surface area contributed by atoms with Crippen LogP contribution >= 0.6 is 0 Å². The van der Waals surface area contributed by atoms with Gasteiger partial charge in [-0.2, -0.15) is 0 Å². The Morgan fingerprint density at radius 1 is 1.13 bits per heavy atom. The zero-order valence-electron chi connectivity index (χ0n) is 14.0. The number of carbonyl (C=O) groups excluding carboxylic acids is 2. The molecule has 2 aliphatic heterocycles. The number of carboxylic acid groups (broad SMARTS) is 1. The first-order chi connectivity index (χ1) is 10.7. The predicted molar refractivity (Wildman–Crippen MR) is 84.5 cm³/mol. The van der Waals surface area contributed by atoms with E-state index in [0.29, 0.717) is 19.5 Å². The van der Waals surface area contributed by atoms with Gasteiger partial charge in [-0.3, -0.25) is 9.59 Å². The lowest BCUT2D eigenvalue weighted by Crippen LogP contribution is -2.51. The zero-order valence-corrected chi connectivity index (χ0v) is 14.0. The second-order valence-corrected chi connectivity index (χ2v) is 7.33. The Labute approximate surface area is 136 Å². The number of nitrogens with two attached hydrogens (primary N) is 1. The zero-order chi connectivity index (χ0) is 17.2. The number of carbonyl (C=O) groups is 3. The van der Waals surface area contributed by atoms with E-state index in [2.05, 4.69) is 4.90 Å². The van der Waals surface area contributed by atoms with Gasteiger partial charge in [0, 0.05) is 19.0 Å². The van der Waals surface area contributed by atoms with Crippen molar-refractivity contribution < 1.29 is 19.5 Å². The van der Waals surface area contributed by atoms with E-state index in [1.165, 1.54) is 4.90 Å². The molecular formula is C16H27N3O4. The number of primary amides is 1. The van der Waals surface area contributed by atoms with Crippen molar-refractivity contribution in [2.75, 3.05) is 26.2 Å². The van der Waals surface area contributed by atoms with E-state index in [-0.39, 0.29) is 17.7 Å². The molecule has 0 aliphatic carbocycles. The third-order valence-electron chi connectivity index (χ3n) is 4.99. The van der Waals surface area contributed by atoms with E-state index < -0.39 is 17.4 Å². The highest BCUT2D eigenvalue weighted by Gasteiger charge is 2.41. The van der Waals surface area contributed by atoms with Crippen molar-refractivity contribution in [1.29, 1.82) is 0 Å². The molecule has 2 fully saturated rings. The molecule has 0 aromatic rings. The van der Waals surface area contributed by atoms with E-state index in [0.717, 1.165) is 32.4 Å². The van der Waals surface area contributed by atoms with Crippen LogP contribution in [0, 0.1) is 11.3 Å². The fourth-order valence-corrected chi connectivity index (χ4v) is 3.66. The second kappa shape index (κ2) is 6.86. The first-order valence-corrected chi connectivity index (χ1v) is 8.28. The molecule has 2 heterocycles. The maximum atomic E-state index is 12.8. The summed E-state index contributed by atoms with van der Waals surface area (Å²) in [6, 6.07) is -0.692. The molecule has 7 nitrogen and oxygen atoms in total. The minimum Gasteiger partial charge on any atom is -0.480 e. The summed E-state index contributed by atoms with van der Waals surface area (Å²) < 4.78 is 0. The number of hydrogen-bond donors (Lipinski definition) is 2. The summed E-state index contributed by atoms with van der Waals surface area (Å²) in [7, 11) is 0. The molecule has 0 radical (unpaired) electrons. The van der Waals surface area contributed by atoms with E-state index in [1.54, 1.807) is 0 Å². The Morgan fingerprint density at radius 2 is 1.74 bits per heavy atom. The van der Waals surface area contributed by atoms with Crippen LogP contribution < -0.4 is 5.73 Å². The van der Waals surface area contributed by atoms with Crippen molar-refractivity contribution in [2.24, 2.45) is 17.1 Å². The molecule has 2 saturated heterocycles. The first kappa shape index (κ1) is 17.7. The lowest BCUT2D eigenvalue weighted by molar-refractivity contribution is -0.152. The number of aliphatic carboxylic acids is 1. The molecule has 0 bridgehead atoms. The highest BCUT2D eigenvalue weighted by atomic mass is 16.4. The number of hydrogen-bond acceptors (Lipinski definition) is 4. The van der Waals surface area contributed by atoms with Crippen LogP contribution in [0.2, 0.25) is 0 Å². The van der Waals surface area contributed by atoms with Crippen LogP contribution in [0.5, 0.6) is 0 Å². The largest absolute Gasteiger partial charge is 0.480 e. The minimum absolute atomic E-state index is 0.0694. The standard InChI is InChI=1S/C16H27N3O4/c1-16(2,10-18-8-5-11(6-9-18)13(17)20)15(23)19-7-3-4-12(19)14(21)22/h11-12H,3-10H2,1-2H3,(H2,17,20)(H,21,22). The van der Waals surface area contributed by atoms with Gasteiger partial charge in [0.15, 0.2) is 0 Å². The molecule has 2 aliphatic rings. The van der Waals surface area contributed by atoms with Crippen molar-refractivity contribution in [2.45, 2.75) is 45.6 Å². The molecule has 23 heavy (non-hydrogen) atoms. The lowest BCUT2D eigenvalue weighted by Gasteiger charge is -2.38. The number of carboxylic acids is 1. The molecule has 3 N–H and O–H groups in total. The smallest absolute Gasteiger partial charge is 0.326 e. The van der Waals surface area contributed by atoms with Crippen molar-refractivity contribution in [3.8, 4) is 0 Å². The highest BCUT2D eigenvalue weighted by molar-refractivity contribution is 5.87. The topological polar surface area (TPSA) is 104 Å². The van der Waals surface area contributed by atoms with Gasteiger partial charge in [-0.05, 0) is 52.6 Å². The van der Waals surface area contributed by atoms with Crippen LogP contribution in [-0.2, 0) is 14.4 Å². The van der Waals surface area contributed by atoms with Crippen LogP contribution in [0.15, 0.2) is 0 Å². The Hall–Kier alpha value is -1.63. The van der Waals surface area contributed by atoms with E-state index in [1.807, 2.05) is 13.8 Å². The number of nitrogens with zero attached hydrogens (tertiary/aromatic N) is 2. The van der Waals surface area contributed by atoms with Crippen LogP contribution in [0.1, 0.15) is 39.5 Å². The summed E-state index contributed by atoms with van der Waals surface area (Å²) in [5.41, 5.74) is 4.70. The summed E-state index contributed by atoms with van der Waals surface area (Å²) in [6.07, 6.45) is 2.71. The van der Waals surface area contributed by atoms with Crippen LogP contribution in [0.4, 0.5) is 0 Å². The molecule has 0 spiro atoms. The van der Waals surface area contributed by atoms with Gasteiger partial charge in [0.1, 0.15) is 6.04 Å². The molecule has 130 valence electrons. The van der Waals surface area contributed by atoms with Gasteiger partial charge in [0.25, 0.3) is 0 Å². The van der Waals surface area contributed by atoms with Crippen LogP contribution in [-0.4, -0.2) is 64.9 Å². The molecule has 1 unspecified atom stereocenters. The van der Waals surface area contributed by atoms with Gasteiger partial charge in [-0.1, -0.05) is 0 Å². The van der Waals surface area contributed by atoms with E-state index >= 15 is 0 Å². The Morgan fingerprint density at radius 3 is 2.26 bits per heavy atom. The molecule has 0 saturated carbocycles. The Bertz CT molecular complexity index is 484. The molecule has 0 aromatic heterocycles. The monoisotopic (exact) mass is 325 g/mol. The van der Waals surface area contributed by atoms with Gasteiger partial charge in [-0.15, -0.1) is 0 Å². The minimum atomic E-state index is -0.922. The van der Waals surface area contributed by atoms with Crippen molar-refractivity contribution in [1.82, 2.24) is 9.80 Å². The number of rotatable bonds is 5. The molecular weight excluding hydrogens is 298 g/mol. The summed E-state index contributed by atoms with van der Waals surface area (Å²) in [5, 5.41) is 9.25. The summed E-state index contributed by atoms with van der Waals surface area (Å²) in [5.74, 6) is -1.34.